The Morgan fingerprint density at radius 2 is 2.00 bits per heavy atom. The molecule has 5 heterocycles. The number of piperazine rings is 1. The predicted molar refractivity (Wildman–Crippen MR) is 121 cm³/mol. The summed E-state index contributed by atoms with van der Waals surface area (Å²) in [6.07, 6.45) is 5.45. The SMILES string of the molecule is CCOC(=O)c1ccc(N2CCN(Cc3cnc4c(c3)NC(=O)C3CCCN43)CC2)nc1. The number of anilines is 3. The summed E-state index contributed by atoms with van der Waals surface area (Å²) in [4.78, 5) is 40.1. The second-order valence-electron chi connectivity index (χ2n) is 8.44. The number of amides is 1. The average Bonchev–Trinajstić information content (AvgIpc) is 3.31. The standard InChI is InChI=1S/C23H28N6O3/c1-2-32-23(31)17-5-6-20(24-14-17)28-10-8-27(9-11-28)15-16-12-18-21(25-13-16)29-7-3-4-19(29)22(30)26-18/h5-6,12-14,19H,2-4,7-11,15H2,1H3,(H,26,30). The molecule has 32 heavy (non-hydrogen) atoms. The molecule has 3 aliphatic rings. The number of esters is 1. The molecule has 2 fully saturated rings. The van der Waals surface area contributed by atoms with E-state index in [1.807, 2.05) is 12.3 Å². The van der Waals surface area contributed by atoms with Crippen LogP contribution in [0.25, 0.3) is 0 Å². The van der Waals surface area contributed by atoms with E-state index in [1.165, 1.54) is 0 Å². The van der Waals surface area contributed by atoms with E-state index >= 15 is 0 Å². The molecule has 0 aromatic carbocycles. The van der Waals surface area contributed by atoms with Gasteiger partial charge in [-0.05, 0) is 43.5 Å². The lowest BCUT2D eigenvalue weighted by Gasteiger charge is -2.36. The molecule has 2 saturated heterocycles. The van der Waals surface area contributed by atoms with Gasteiger partial charge >= 0.3 is 5.97 Å². The zero-order valence-electron chi connectivity index (χ0n) is 18.3. The smallest absolute Gasteiger partial charge is 0.339 e. The molecule has 2 aromatic rings. The number of nitrogens with zero attached hydrogens (tertiary/aromatic N) is 5. The molecule has 1 unspecified atom stereocenters. The fourth-order valence-corrected chi connectivity index (χ4v) is 4.72. The largest absolute Gasteiger partial charge is 0.462 e. The number of pyridine rings is 2. The van der Waals surface area contributed by atoms with E-state index in [1.54, 1.807) is 19.2 Å². The van der Waals surface area contributed by atoms with E-state index in [0.29, 0.717) is 12.2 Å². The molecule has 0 bridgehead atoms. The summed E-state index contributed by atoms with van der Waals surface area (Å²) in [6.45, 7) is 7.35. The lowest BCUT2D eigenvalue weighted by Crippen LogP contribution is -2.46. The topological polar surface area (TPSA) is 90.9 Å². The molecular weight excluding hydrogens is 408 g/mol. The Balaban J connectivity index is 1.18. The summed E-state index contributed by atoms with van der Waals surface area (Å²) >= 11 is 0. The summed E-state index contributed by atoms with van der Waals surface area (Å²) in [5, 5.41) is 3.05. The predicted octanol–water partition coefficient (Wildman–Crippen LogP) is 1.90. The number of hydrogen-bond donors (Lipinski definition) is 1. The molecule has 0 saturated carbocycles. The Hall–Kier alpha value is -3.20. The first-order valence-electron chi connectivity index (χ1n) is 11.3. The van der Waals surface area contributed by atoms with Gasteiger partial charge in [0.2, 0.25) is 5.91 Å². The fraction of sp³-hybridized carbons (Fsp3) is 0.478. The first-order valence-corrected chi connectivity index (χ1v) is 11.3. The van der Waals surface area contributed by atoms with Gasteiger partial charge in [0, 0.05) is 51.7 Å². The Morgan fingerprint density at radius 1 is 1.16 bits per heavy atom. The molecule has 1 amide bonds. The van der Waals surface area contributed by atoms with E-state index in [0.717, 1.165) is 75.0 Å². The summed E-state index contributed by atoms with van der Waals surface area (Å²) in [5.74, 6) is 1.52. The highest BCUT2D eigenvalue weighted by molar-refractivity contribution is 6.03. The van der Waals surface area contributed by atoms with Crippen molar-refractivity contribution < 1.29 is 14.3 Å². The number of fused-ring (bicyclic) bond motifs is 3. The van der Waals surface area contributed by atoms with Gasteiger partial charge in [-0.25, -0.2) is 14.8 Å². The van der Waals surface area contributed by atoms with Crippen LogP contribution in [-0.4, -0.2) is 72.1 Å². The summed E-state index contributed by atoms with van der Waals surface area (Å²) < 4.78 is 5.01. The van der Waals surface area contributed by atoms with Gasteiger partial charge in [0.15, 0.2) is 5.82 Å². The third kappa shape index (κ3) is 4.00. The average molecular weight is 437 g/mol. The minimum atomic E-state index is -0.341. The Bertz CT molecular complexity index is 1000. The zero-order valence-corrected chi connectivity index (χ0v) is 18.3. The van der Waals surface area contributed by atoms with Crippen LogP contribution in [0, 0.1) is 0 Å². The highest BCUT2D eigenvalue weighted by Crippen LogP contribution is 2.35. The van der Waals surface area contributed by atoms with Crippen LogP contribution in [0.4, 0.5) is 17.3 Å². The second-order valence-corrected chi connectivity index (χ2v) is 8.44. The third-order valence-corrected chi connectivity index (χ3v) is 6.37. The molecule has 0 aliphatic carbocycles. The maximum absolute atomic E-state index is 12.4. The van der Waals surface area contributed by atoms with Gasteiger partial charge in [-0.3, -0.25) is 9.69 Å². The third-order valence-electron chi connectivity index (χ3n) is 6.37. The lowest BCUT2D eigenvalue weighted by molar-refractivity contribution is -0.117. The van der Waals surface area contributed by atoms with Crippen molar-refractivity contribution in [3.63, 3.8) is 0 Å². The maximum Gasteiger partial charge on any atom is 0.339 e. The van der Waals surface area contributed by atoms with Gasteiger partial charge in [-0.1, -0.05) is 0 Å². The normalized spacial score (nSPS) is 20.5. The van der Waals surface area contributed by atoms with E-state index in [9.17, 15) is 9.59 Å². The molecule has 1 atom stereocenters. The van der Waals surface area contributed by atoms with Crippen LogP contribution >= 0.6 is 0 Å². The number of aromatic nitrogens is 2. The van der Waals surface area contributed by atoms with Crippen LogP contribution in [0.2, 0.25) is 0 Å². The molecular formula is C23H28N6O3. The van der Waals surface area contributed by atoms with E-state index in [4.69, 9.17) is 4.74 Å². The lowest BCUT2D eigenvalue weighted by atomic mass is 10.1. The number of nitrogens with one attached hydrogen (secondary N) is 1. The molecule has 0 radical (unpaired) electrons. The van der Waals surface area contributed by atoms with Crippen LogP contribution < -0.4 is 15.1 Å². The van der Waals surface area contributed by atoms with Crippen LogP contribution in [0.5, 0.6) is 0 Å². The molecule has 3 aliphatic heterocycles. The molecule has 9 heteroatoms. The maximum atomic E-state index is 12.4. The van der Waals surface area contributed by atoms with Crippen molar-refractivity contribution in [1.82, 2.24) is 14.9 Å². The first-order chi connectivity index (χ1) is 15.6. The van der Waals surface area contributed by atoms with Crippen molar-refractivity contribution in [3.05, 3.63) is 41.7 Å². The zero-order chi connectivity index (χ0) is 22.1. The number of carbonyl (C=O) groups excluding carboxylic acids is 2. The molecule has 5 rings (SSSR count). The molecule has 2 aromatic heterocycles. The van der Waals surface area contributed by atoms with Gasteiger partial charge in [0.05, 0.1) is 17.9 Å². The van der Waals surface area contributed by atoms with Gasteiger partial charge < -0.3 is 19.9 Å². The summed E-state index contributed by atoms with van der Waals surface area (Å²) in [6, 6.07) is 5.65. The minimum absolute atomic E-state index is 0.0612. The van der Waals surface area contributed by atoms with Crippen LogP contribution in [-0.2, 0) is 16.1 Å². The van der Waals surface area contributed by atoms with Crippen molar-refractivity contribution in [3.8, 4) is 0 Å². The van der Waals surface area contributed by atoms with Crippen molar-refractivity contribution in [2.45, 2.75) is 32.4 Å². The highest BCUT2D eigenvalue weighted by atomic mass is 16.5. The monoisotopic (exact) mass is 436 g/mol. The number of ether oxygens (including phenoxy) is 1. The van der Waals surface area contributed by atoms with Gasteiger partial charge in [-0.2, -0.15) is 0 Å². The van der Waals surface area contributed by atoms with Crippen molar-refractivity contribution in [2.75, 3.05) is 54.4 Å². The van der Waals surface area contributed by atoms with E-state index < -0.39 is 0 Å². The highest BCUT2D eigenvalue weighted by Gasteiger charge is 2.37. The Labute approximate surface area is 187 Å². The quantitative estimate of drug-likeness (QED) is 0.711. The summed E-state index contributed by atoms with van der Waals surface area (Å²) in [7, 11) is 0. The van der Waals surface area contributed by atoms with E-state index in [2.05, 4.69) is 36.1 Å². The van der Waals surface area contributed by atoms with Crippen molar-refractivity contribution in [2.24, 2.45) is 0 Å². The Kier molecular flexibility index (Phi) is 5.65. The van der Waals surface area contributed by atoms with Gasteiger partial charge in [-0.15, -0.1) is 0 Å². The second kappa shape index (κ2) is 8.74. The summed E-state index contributed by atoms with van der Waals surface area (Å²) in [5.41, 5.74) is 2.41. The van der Waals surface area contributed by atoms with Crippen LogP contribution in [0.1, 0.15) is 35.7 Å². The Morgan fingerprint density at radius 3 is 2.75 bits per heavy atom. The fourth-order valence-electron chi connectivity index (χ4n) is 4.72. The molecule has 1 N–H and O–H groups in total. The number of hydrogen-bond acceptors (Lipinski definition) is 8. The van der Waals surface area contributed by atoms with E-state index in [-0.39, 0.29) is 17.9 Å². The number of rotatable bonds is 5. The molecule has 9 nitrogen and oxygen atoms in total. The van der Waals surface area contributed by atoms with Gasteiger partial charge in [0.25, 0.3) is 0 Å². The molecule has 168 valence electrons. The van der Waals surface area contributed by atoms with Gasteiger partial charge in [0.1, 0.15) is 11.9 Å². The number of carbonyl (C=O) groups is 2. The molecule has 0 spiro atoms. The van der Waals surface area contributed by atoms with Crippen LogP contribution in [0.3, 0.4) is 0 Å². The minimum Gasteiger partial charge on any atom is -0.462 e. The van der Waals surface area contributed by atoms with Crippen molar-refractivity contribution in [1.29, 1.82) is 0 Å². The van der Waals surface area contributed by atoms with Crippen LogP contribution in [0.15, 0.2) is 30.6 Å². The van der Waals surface area contributed by atoms with Crippen molar-refractivity contribution >= 4 is 29.2 Å². The first kappa shape index (κ1) is 20.7.